The van der Waals surface area contributed by atoms with Gasteiger partial charge in [-0.05, 0) is 41.8 Å². The minimum atomic E-state index is -4.42. The Morgan fingerprint density at radius 1 is 1.24 bits per heavy atom. The molecule has 0 radical (unpaired) electrons. The van der Waals surface area contributed by atoms with Crippen molar-refractivity contribution in [2.45, 2.75) is 18.6 Å². The Morgan fingerprint density at radius 3 is 2.57 bits per heavy atom. The number of hydrogen-bond acceptors (Lipinski definition) is 4. The fourth-order valence-corrected chi connectivity index (χ4v) is 2.07. The van der Waals surface area contributed by atoms with Gasteiger partial charge in [-0.25, -0.2) is 0 Å². The van der Waals surface area contributed by atoms with Gasteiger partial charge in [-0.2, -0.15) is 13.2 Å². The molecule has 1 atom stereocenters. The average molecular weight is 296 g/mol. The second-order valence-corrected chi connectivity index (χ2v) is 4.63. The number of hydrazine groups is 1. The van der Waals surface area contributed by atoms with Crippen molar-refractivity contribution in [2.24, 2.45) is 5.84 Å². The number of rotatable bonds is 4. The first kappa shape index (κ1) is 15.3. The molecule has 0 aliphatic carbocycles. The molecule has 0 bridgehead atoms. The normalized spacial score (nSPS) is 13.1. The lowest BCUT2D eigenvalue weighted by Crippen LogP contribution is -2.30. The SMILES string of the molecule is NNC(Cc1cccnc1)c1cc(C(F)(F)F)ccc1N. The first-order chi connectivity index (χ1) is 9.91. The van der Waals surface area contributed by atoms with Crippen molar-refractivity contribution in [2.75, 3.05) is 5.73 Å². The third-order valence-electron chi connectivity index (χ3n) is 3.15. The Labute approximate surface area is 119 Å². The largest absolute Gasteiger partial charge is 0.416 e. The van der Waals surface area contributed by atoms with Gasteiger partial charge < -0.3 is 5.73 Å². The standard InChI is InChI=1S/C14H15F3N4/c15-14(16,17)10-3-4-12(18)11(7-10)13(21-19)6-9-2-1-5-20-8-9/h1-5,7-8,13,21H,6,18-19H2. The fraction of sp³-hybridized carbons (Fsp3) is 0.214. The van der Waals surface area contributed by atoms with Crippen molar-refractivity contribution in [3.05, 3.63) is 59.4 Å². The molecule has 1 aromatic carbocycles. The first-order valence-electron chi connectivity index (χ1n) is 6.23. The van der Waals surface area contributed by atoms with Gasteiger partial charge >= 0.3 is 6.18 Å². The molecule has 0 fully saturated rings. The Hall–Kier alpha value is -2.12. The molecule has 0 spiro atoms. The van der Waals surface area contributed by atoms with Gasteiger partial charge in [0.05, 0.1) is 11.6 Å². The molecule has 0 saturated carbocycles. The van der Waals surface area contributed by atoms with Gasteiger partial charge in [0.25, 0.3) is 0 Å². The van der Waals surface area contributed by atoms with Crippen molar-refractivity contribution >= 4 is 5.69 Å². The number of hydrogen-bond donors (Lipinski definition) is 3. The smallest absolute Gasteiger partial charge is 0.398 e. The summed E-state index contributed by atoms with van der Waals surface area (Å²) in [5, 5.41) is 0. The topological polar surface area (TPSA) is 77.0 Å². The Kier molecular flexibility index (Phi) is 4.44. The van der Waals surface area contributed by atoms with Crippen molar-refractivity contribution in [1.29, 1.82) is 0 Å². The zero-order valence-electron chi connectivity index (χ0n) is 11.1. The molecule has 1 heterocycles. The van der Waals surface area contributed by atoms with Gasteiger partial charge in [-0.1, -0.05) is 6.07 Å². The summed E-state index contributed by atoms with van der Waals surface area (Å²) in [6.07, 6.45) is -0.785. The number of halogens is 3. The van der Waals surface area contributed by atoms with E-state index >= 15 is 0 Å². The van der Waals surface area contributed by atoms with E-state index in [-0.39, 0.29) is 5.69 Å². The van der Waals surface area contributed by atoms with E-state index in [1.807, 2.05) is 6.07 Å². The number of aromatic nitrogens is 1. The molecule has 112 valence electrons. The van der Waals surface area contributed by atoms with Gasteiger partial charge in [0.2, 0.25) is 0 Å². The van der Waals surface area contributed by atoms with Crippen LogP contribution < -0.4 is 17.0 Å². The van der Waals surface area contributed by atoms with Crippen LogP contribution in [0.3, 0.4) is 0 Å². The number of pyridine rings is 1. The van der Waals surface area contributed by atoms with Crippen LogP contribution in [0.4, 0.5) is 18.9 Å². The molecule has 7 heteroatoms. The lowest BCUT2D eigenvalue weighted by Gasteiger charge is -2.20. The second kappa shape index (κ2) is 6.11. The highest BCUT2D eigenvalue weighted by atomic mass is 19.4. The summed E-state index contributed by atoms with van der Waals surface area (Å²) in [7, 11) is 0. The Morgan fingerprint density at radius 2 is 2.00 bits per heavy atom. The predicted octanol–water partition coefficient (Wildman–Crippen LogP) is 2.43. The molecule has 0 aliphatic heterocycles. The van der Waals surface area contributed by atoms with E-state index < -0.39 is 17.8 Å². The summed E-state index contributed by atoms with van der Waals surface area (Å²) in [6.45, 7) is 0. The highest BCUT2D eigenvalue weighted by molar-refractivity contribution is 5.51. The number of nitrogens with zero attached hydrogens (tertiary/aromatic N) is 1. The summed E-state index contributed by atoms with van der Waals surface area (Å²) in [5.74, 6) is 5.47. The monoisotopic (exact) mass is 296 g/mol. The number of anilines is 1. The van der Waals surface area contributed by atoms with E-state index in [4.69, 9.17) is 11.6 Å². The molecule has 5 N–H and O–H groups in total. The maximum absolute atomic E-state index is 12.8. The van der Waals surface area contributed by atoms with Crippen molar-refractivity contribution < 1.29 is 13.2 Å². The summed E-state index contributed by atoms with van der Waals surface area (Å²) in [5.41, 5.74) is 8.96. The molecule has 2 aromatic rings. The summed E-state index contributed by atoms with van der Waals surface area (Å²) < 4.78 is 38.4. The lowest BCUT2D eigenvalue weighted by atomic mass is 9.97. The quantitative estimate of drug-likeness (QED) is 0.460. The molecule has 1 unspecified atom stereocenters. The molecule has 0 aliphatic rings. The third-order valence-corrected chi connectivity index (χ3v) is 3.15. The van der Waals surface area contributed by atoms with E-state index in [1.54, 1.807) is 18.5 Å². The minimum Gasteiger partial charge on any atom is -0.398 e. The van der Waals surface area contributed by atoms with Crippen LogP contribution in [0.15, 0.2) is 42.7 Å². The summed E-state index contributed by atoms with van der Waals surface area (Å²) in [6, 6.07) is 6.26. The molecule has 0 amide bonds. The highest BCUT2D eigenvalue weighted by Gasteiger charge is 2.31. The first-order valence-corrected chi connectivity index (χ1v) is 6.23. The zero-order valence-corrected chi connectivity index (χ0v) is 11.1. The third kappa shape index (κ3) is 3.71. The predicted molar refractivity (Wildman–Crippen MR) is 73.9 cm³/mol. The van der Waals surface area contributed by atoms with Crippen LogP contribution in [0.25, 0.3) is 0 Å². The fourth-order valence-electron chi connectivity index (χ4n) is 2.07. The summed E-state index contributed by atoms with van der Waals surface area (Å²) in [4.78, 5) is 3.97. The molecule has 4 nitrogen and oxygen atoms in total. The maximum Gasteiger partial charge on any atom is 0.416 e. The van der Waals surface area contributed by atoms with Gasteiger partial charge in [0.1, 0.15) is 0 Å². The zero-order chi connectivity index (χ0) is 15.5. The number of benzene rings is 1. The number of nitrogens with one attached hydrogen (secondary N) is 1. The van der Waals surface area contributed by atoms with Gasteiger partial charge in [0.15, 0.2) is 0 Å². The van der Waals surface area contributed by atoms with Gasteiger partial charge in [0, 0.05) is 18.1 Å². The van der Waals surface area contributed by atoms with E-state index in [0.29, 0.717) is 12.0 Å². The molecular formula is C14H15F3N4. The molecule has 2 rings (SSSR count). The Bertz CT molecular complexity index is 599. The highest BCUT2D eigenvalue weighted by Crippen LogP contribution is 2.33. The number of alkyl halides is 3. The van der Waals surface area contributed by atoms with Crippen LogP contribution in [-0.4, -0.2) is 4.98 Å². The average Bonchev–Trinajstić information content (AvgIpc) is 2.45. The maximum atomic E-state index is 12.8. The van der Waals surface area contributed by atoms with E-state index in [1.165, 1.54) is 6.07 Å². The summed E-state index contributed by atoms with van der Waals surface area (Å²) >= 11 is 0. The molecule has 21 heavy (non-hydrogen) atoms. The van der Waals surface area contributed by atoms with Crippen LogP contribution in [-0.2, 0) is 12.6 Å². The van der Waals surface area contributed by atoms with E-state index in [0.717, 1.165) is 17.7 Å². The van der Waals surface area contributed by atoms with Crippen LogP contribution in [0.5, 0.6) is 0 Å². The van der Waals surface area contributed by atoms with Crippen LogP contribution in [0.1, 0.15) is 22.7 Å². The second-order valence-electron chi connectivity index (χ2n) is 4.63. The van der Waals surface area contributed by atoms with Crippen LogP contribution in [0.2, 0.25) is 0 Å². The van der Waals surface area contributed by atoms with E-state index in [9.17, 15) is 13.2 Å². The molecular weight excluding hydrogens is 281 g/mol. The van der Waals surface area contributed by atoms with Crippen molar-refractivity contribution in [3.63, 3.8) is 0 Å². The Balaban J connectivity index is 2.33. The van der Waals surface area contributed by atoms with Gasteiger partial charge in [-0.3, -0.25) is 16.3 Å². The number of nitrogens with two attached hydrogens (primary N) is 2. The van der Waals surface area contributed by atoms with Crippen LogP contribution >= 0.6 is 0 Å². The van der Waals surface area contributed by atoms with E-state index in [2.05, 4.69) is 10.4 Å². The number of nitrogen functional groups attached to an aromatic ring is 1. The molecule has 0 saturated heterocycles. The van der Waals surface area contributed by atoms with Crippen LogP contribution in [0, 0.1) is 0 Å². The van der Waals surface area contributed by atoms with Gasteiger partial charge in [-0.15, -0.1) is 0 Å². The minimum absolute atomic E-state index is 0.259. The van der Waals surface area contributed by atoms with Crippen molar-refractivity contribution in [1.82, 2.24) is 10.4 Å². The molecule has 1 aromatic heterocycles. The van der Waals surface area contributed by atoms with Crippen molar-refractivity contribution in [3.8, 4) is 0 Å². The lowest BCUT2D eigenvalue weighted by molar-refractivity contribution is -0.137.